The smallest absolute Gasteiger partial charge is 0.443 e. The highest BCUT2D eigenvalue weighted by atomic mass is 31.3. The number of rotatable bonds is 8. The van der Waals surface area contributed by atoms with Crippen LogP contribution in [-0.4, -0.2) is 72.5 Å². The molecule has 4 heterocycles. The van der Waals surface area contributed by atoms with Crippen molar-refractivity contribution in [2.45, 2.75) is 44.2 Å². The largest absolute Gasteiger partial charge is 0.485 e. The Hall–Kier alpha value is -1.26. The van der Waals surface area contributed by atoms with Crippen molar-refractivity contribution in [3.63, 3.8) is 0 Å². The van der Waals surface area contributed by atoms with Crippen LogP contribution < -0.4 is 5.73 Å². The van der Waals surface area contributed by atoms with Crippen LogP contribution in [0.3, 0.4) is 0 Å². The van der Waals surface area contributed by atoms with Gasteiger partial charge in [-0.15, -0.1) is 0 Å². The summed E-state index contributed by atoms with van der Waals surface area (Å²) in [4.78, 5) is 38.9. The lowest BCUT2D eigenvalue weighted by molar-refractivity contribution is -0.198. The van der Waals surface area contributed by atoms with Gasteiger partial charge in [0, 0.05) is 0 Å². The van der Waals surface area contributed by atoms with E-state index in [9.17, 15) is 18.6 Å². The Morgan fingerprint density at radius 3 is 2.50 bits per heavy atom. The third kappa shape index (κ3) is 5.59. The van der Waals surface area contributed by atoms with Gasteiger partial charge in [0.05, 0.1) is 20.4 Å². The molecule has 2 fully saturated rings. The van der Waals surface area contributed by atoms with E-state index in [0.29, 0.717) is 11.2 Å². The number of nitrogens with zero attached hydrogens (tertiary/aromatic N) is 4. The molecular formula is C13H19BN5O12P3-. The number of aromatic nitrogens is 4. The zero-order valence-electron chi connectivity index (χ0n) is 17.5. The first-order chi connectivity index (χ1) is 15.6. The summed E-state index contributed by atoms with van der Waals surface area (Å²) in [7, 11) is -10.6. The molecule has 0 aromatic carbocycles. The molecule has 4 rings (SSSR count). The van der Waals surface area contributed by atoms with Crippen LogP contribution >= 0.6 is 23.1 Å². The molecule has 0 spiro atoms. The summed E-state index contributed by atoms with van der Waals surface area (Å²) < 4.78 is 66.6. The maximum absolute atomic E-state index is 12.3. The van der Waals surface area contributed by atoms with Crippen LogP contribution in [0, 0.1) is 0 Å². The van der Waals surface area contributed by atoms with Crippen molar-refractivity contribution in [2.24, 2.45) is 0 Å². The second-order valence-corrected chi connectivity index (χ2v) is 12.2. The van der Waals surface area contributed by atoms with E-state index in [2.05, 4.69) is 23.6 Å². The van der Waals surface area contributed by atoms with Crippen LogP contribution in [0.2, 0.25) is 0 Å². The van der Waals surface area contributed by atoms with Gasteiger partial charge in [-0.3, -0.25) is 4.57 Å². The van der Waals surface area contributed by atoms with Gasteiger partial charge in [0.15, 0.2) is 23.5 Å². The normalized spacial score (nSPS) is 30.2. The fourth-order valence-corrected chi connectivity index (χ4v) is 6.72. The third-order valence-corrected chi connectivity index (χ3v) is 8.55. The Balaban J connectivity index is 1.52. The minimum atomic E-state index is -5.53. The lowest BCUT2D eigenvalue weighted by Crippen LogP contribution is -2.32. The predicted molar refractivity (Wildman–Crippen MR) is 111 cm³/mol. The Morgan fingerprint density at radius 2 is 1.82 bits per heavy atom. The Labute approximate surface area is 192 Å². The zero-order chi connectivity index (χ0) is 25.1. The molecule has 187 valence electrons. The number of anilines is 1. The number of imidazole rings is 1. The lowest BCUT2D eigenvalue weighted by atomic mass is 10.1. The molecule has 0 saturated carbocycles. The Kier molecular flexibility index (Phi) is 6.60. The number of hydrogen-bond acceptors (Lipinski definition) is 13. The van der Waals surface area contributed by atoms with Crippen LogP contribution in [0.1, 0.15) is 20.1 Å². The van der Waals surface area contributed by atoms with Gasteiger partial charge >= 0.3 is 15.6 Å². The monoisotopic (exact) mass is 541 g/mol. The van der Waals surface area contributed by atoms with E-state index in [0.717, 1.165) is 0 Å². The van der Waals surface area contributed by atoms with Gasteiger partial charge in [0.2, 0.25) is 0 Å². The van der Waals surface area contributed by atoms with Crippen molar-refractivity contribution in [1.82, 2.24) is 19.5 Å². The molecule has 2 aliphatic rings. The first-order valence-corrected chi connectivity index (χ1v) is 14.0. The molecule has 2 saturated heterocycles. The standard InChI is InChI=1S/C13H19BN5O12P3/c1-13(2)28-8-6(3-26-32(14,20)30-34(24,25)31-33(21,22)23)27-12(9(8)29-13)19-5-18-7-10(15)16-4-17-11(7)19/h4-6,8-9,12H,3H2,1-2H3,(H,24,25)(H2,15,16,17)(H2,21,22,23)/q-1/t6-,8-,9-,12-,32?/m1/s1. The van der Waals surface area contributed by atoms with Crippen LogP contribution in [-0.2, 0) is 41.1 Å². The molecule has 0 aliphatic carbocycles. The van der Waals surface area contributed by atoms with E-state index < -0.39 is 60.1 Å². The second kappa shape index (κ2) is 8.70. The fraction of sp³-hybridized carbons (Fsp3) is 0.615. The maximum Gasteiger partial charge on any atom is 0.485 e. The number of nitrogen functional groups attached to an aromatic ring is 1. The van der Waals surface area contributed by atoms with E-state index in [1.807, 2.05) is 0 Å². The van der Waals surface area contributed by atoms with Crippen LogP contribution in [0.4, 0.5) is 5.82 Å². The maximum atomic E-state index is 12.3. The second-order valence-electron chi connectivity index (χ2n) is 7.67. The van der Waals surface area contributed by atoms with E-state index in [1.54, 1.807) is 13.8 Å². The van der Waals surface area contributed by atoms with Gasteiger partial charge in [-0.05, 0) is 13.8 Å². The first-order valence-electron chi connectivity index (χ1n) is 9.34. The number of fused-ring (bicyclic) bond motifs is 2. The summed E-state index contributed by atoms with van der Waals surface area (Å²) in [6.07, 6.45) is -0.711. The van der Waals surface area contributed by atoms with Crippen molar-refractivity contribution in [3.05, 3.63) is 12.7 Å². The molecule has 17 nitrogen and oxygen atoms in total. The molecular weight excluding hydrogens is 522 g/mol. The highest BCUT2D eigenvalue weighted by Gasteiger charge is 2.56. The molecule has 0 bridgehead atoms. The molecule has 34 heavy (non-hydrogen) atoms. The first kappa shape index (κ1) is 25.8. The Bertz CT molecular complexity index is 1240. The van der Waals surface area contributed by atoms with E-state index in [4.69, 9.17) is 41.8 Å². The number of phosphoric acid groups is 2. The topological polar surface area (TPSA) is 237 Å². The SMILES string of the molecule is [B-]P(=O)(OC[C@H]1O[C@@H](n2cnc3c(N)ncnc32)[C@@H]2OC(C)(C)O[C@@H]21)OP(=O)(O)OP(=O)(O)O. The summed E-state index contributed by atoms with van der Waals surface area (Å²) >= 11 is 0. The molecule has 6 atom stereocenters. The van der Waals surface area contributed by atoms with Crippen molar-refractivity contribution in [2.75, 3.05) is 12.3 Å². The molecule has 21 heteroatoms. The van der Waals surface area contributed by atoms with Crippen molar-refractivity contribution in [3.8, 4) is 0 Å². The van der Waals surface area contributed by atoms with Gasteiger partial charge in [0.25, 0.3) is 0 Å². The molecule has 0 amide bonds. The lowest BCUT2D eigenvalue weighted by Gasteiger charge is -2.30. The van der Waals surface area contributed by atoms with Crippen molar-refractivity contribution >= 4 is 47.7 Å². The molecule has 2 aromatic heterocycles. The minimum absolute atomic E-state index is 0.147. The summed E-state index contributed by atoms with van der Waals surface area (Å²) in [5.74, 6) is -0.893. The Morgan fingerprint density at radius 1 is 1.15 bits per heavy atom. The van der Waals surface area contributed by atoms with E-state index in [1.165, 1.54) is 17.2 Å². The number of hydrogen-bond donors (Lipinski definition) is 4. The zero-order valence-corrected chi connectivity index (χ0v) is 20.2. The average Bonchev–Trinajstić information content (AvgIpc) is 3.28. The highest BCUT2D eigenvalue weighted by molar-refractivity contribution is 7.84. The van der Waals surface area contributed by atoms with Crippen LogP contribution in [0.25, 0.3) is 11.2 Å². The number of nitrogens with two attached hydrogens (primary N) is 1. The van der Waals surface area contributed by atoms with Gasteiger partial charge in [0.1, 0.15) is 30.2 Å². The van der Waals surface area contributed by atoms with Crippen LogP contribution in [0.5, 0.6) is 0 Å². The molecule has 2 unspecified atom stereocenters. The van der Waals surface area contributed by atoms with Gasteiger partial charge in [-0.1, -0.05) is 0 Å². The molecule has 2 aliphatic heterocycles. The quantitative estimate of drug-likeness (QED) is 0.260. The molecule has 5 N–H and O–H groups in total. The number of ether oxygens (including phenoxy) is 3. The van der Waals surface area contributed by atoms with E-state index >= 15 is 0 Å². The summed E-state index contributed by atoms with van der Waals surface area (Å²) in [5, 5.41) is 0. The third-order valence-electron chi connectivity index (χ3n) is 4.63. The van der Waals surface area contributed by atoms with Crippen LogP contribution in [0.15, 0.2) is 12.7 Å². The minimum Gasteiger partial charge on any atom is -0.443 e. The summed E-state index contributed by atoms with van der Waals surface area (Å²) in [6, 6.07) is 0. The summed E-state index contributed by atoms with van der Waals surface area (Å²) in [6.45, 7) is 2.72. The van der Waals surface area contributed by atoms with Crippen molar-refractivity contribution in [1.29, 1.82) is 0 Å². The highest BCUT2D eigenvalue weighted by Crippen LogP contribution is 2.66. The predicted octanol–water partition coefficient (Wildman–Crippen LogP) is 0.345. The van der Waals surface area contributed by atoms with Gasteiger partial charge in [-0.25, -0.2) is 28.4 Å². The van der Waals surface area contributed by atoms with Gasteiger partial charge < -0.3 is 51.3 Å². The van der Waals surface area contributed by atoms with Crippen molar-refractivity contribution < 1.29 is 55.7 Å². The van der Waals surface area contributed by atoms with E-state index in [-0.39, 0.29) is 5.82 Å². The molecule has 2 aromatic rings. The van der Waals surface area contributed by atoms with Gasteiger partial charge in [-0.2, -0.15) is 4.31 Å². The average molecular weight is 541 g/mol. The fourth-order valence-electron chi connectivity index (χ4n) is 3.57. The summed E-state index contributed by atoms with van der Waals surface area (Å²) in [5.41, 5.74) is 6.49. The molecule has 3 radical (unpaired) electrons.